The summed E-state index contributed by atoms with van der Waals surface area (Å²) in [6, 6.07) is 0. The molecule has 0 bridgehead atoms. The summed E-state index contributed by atoms with van der Waals surface area (Å²) in [6.07, 6.45) is 5.40. The van der Waals surface area contributed by atoms with Crippen LogP contribution in [0.4, 0.5) is 0 Å². The zero-order valence-electron chi connectivity index (χ0n) is 7.42. The van der Waals surface area contributed by atoms with Crippen LogP contribution in [0.5, 0.6) is 0 Å². The van der Waals surface area contributed by atoms with Crippen LogP contribution in [0, 0.1) is 0 Å². The Morgan fingerprint density at radius 1 is 1.54 bits per heavy atom. The van der Waals surface area contributed by atoms with Gasteiger partial charge in [-0.25, -0.2) is 0 Å². The number of hydrogen-bond acceptors (Lipinski definition) is 3. The molecule has 13 heavy (non-hydrogen) atoms. The van der Waals surface area contributed by atoms with Crippen LogP contribution in [0.2, 0.25) is 0 Å². The van der Waals surface area contributed by atoms with Crippen molar-refractivity contribution in [2.75, 3.05) is 13.1 Å². The summed E-state index contributed by atoms with van der Waals surface area (Å²) in [5.74, 6) is 0.290. The Hall–Kier alpha value is -1.16. The number of piperidine rings is 1. The third-order valence-electron chi connectivity index (χ3n) is 2.42. The van der Waals surface area contributed by atoms with Crippen LogP contribution >= 0.6 is 0 Å². The Labute approximate surface area is 76.4 Å². The van der Waals surface area contributed by atoms with Gasteiger partial charge in [0.05, 0.1) is 0 Å². The Bertz CT molecular complexity index is 328. The van der Waals surface area contributed by atoms with Gasteiger partial charge in [-0.1, -0.05) is 0 Å². The largest absolute Gasteiger partial charge is 0.326 e. The molecule has 4 nitrogen and oxygen atoms in total. The molecule has 1 aliphatic rings. The van der Waals surface area contributed by atoms with Crippen LogP contribution in [0.1, 0.15) is 24.5 Å². The lowest BCUT2D eigenvalue weighted by Crippen LogP contribution is -2.32. The second-order valence-electron chi connectivity index (χ2n) is 3.35. The summed E-state index contributed by atoms with van der Waals surface area (Å²) in [5.41, 5.74) is 0.630. The van der Waals surface area contributed by atoms with Gasteiger partial charge in [0.2, 0.25) is 0 Å². The second kappa shape index (κ2) is 3.70. The fourth-order valence-corrected chi connectivity index (χ4v) is 1.74. The van der Waals surface area contributed by atoms with Crippen LogP contribution < -0.4 is 10.9 Å². The third-order valence-corrected chi connectivity index (χ3v) is 2.42. The highest BCUT2D eigenvalue weighted by atomic mass is 16.1. The molecular formula is C9H13N3O. The molecule has 0 saturated carbocycles. The molecule has 1 atom stereocenters. The van der Waals surface area contributed by atoms with Gasteiger partial charge >= 0.3 is 0 Å². The zero-order chi connectivity index (χ0) is 9.10. The first-order valence-corrected chi connectivity index (χ1v) is 4.62. The van der Waals surface area contributed by atoms with Gasteiger partial charge in [-0.05, 0) is 19.4 Å². The maximum absolute atomic E-state index is 11.4. The number of nitrogens with zero attached hydrogens (tertiary/aromatic N) is 1. The van der Waals surface area contributed by atoms with Crippen LogP contribution in [0.25, 0.3) is 0 Å². The van der Waals surface area contributed by atoms with Crippen molar-refractivity contribution in [3.63, 3.8) is 0 Å². The smallest absolute Gasteiger partial charge is 0.269 e. The summed E-state index contributed by atoms with van der Waals surface area (Å²) in [5, 5.41) is 3.27. The Balaban J connectivity index is 2.24. The first kappa shape index (κ1) is 8.44. The van der Waals surface area contributed by atoms with Gasteiger partial charge in [-0.15, -0.1) is 0 Å². The highest BCUT2D eigenvalue weighted by Crippen LogP contribution is 2.17. The number of aromatic amines is 1. The maximum Gasteiger partial charge on any atom is 0.269 e. The highest BCUT2D eigenvalue weighted by Gasteiger charge is 2.18. The Kier molecular flexibility index (Phi) is 2.40. The average Bonchev–Trinajstić information content (AvgIpc) is 2.20. The summed E-state index contributed by atoms with van der Waals surface area (Å²) in [4.78, 5) is 18.1. The van der Waals surface area contributed by atoms with Gasteiger partial charge in [0, 0.05) is 24.9 Å². The molecule has 70 valence electrons. The minimum Gasteiger partial charge on any atom is -0.326 e. The molecule has 0 aromatic carbocycles. The van der Waals surface area contributed by atoms with E-state index in [1.807, 2.05) is 0 Å². The predicted molar refractivity (Wildman–Crippen MR) is 49.7 cm³/mol. The van der Waals surface area contributed by atoms with E-state index in [4.69, 9.17) is 0 Å². The van der Waals surface area contributed by atoms with Crippen LogP contribution in [-0.4, -0.2) is 23.1 Å². The van der Waals surface area contributed by atoms with E-state index in [0.29, 0.717) is 11.6 Å². The van der Waals surface area contributed by atoms with E-state index in [1.54, 1.807) is 12.4 Å². The lowest BCUT2D eigenvalue weighted by molar-refractivity contribution is 0.451. The van der Waals surface area contributed by atoms with Gasteiger partial charge in [0.15, 0.2) is 0 Å². The van der Waals surface area contributed by atoms with E-state index in [-0.39, 0.29) is 5.56 Å². The van der Waals surface area contributed by atoms with Crippen LogP contribution in [0.3, 0.4) is 0 Å². The molecule has 2 N–H and O–H groups in total. The molecule has 1 saturated heterocycles. The molecule has 2 heterocycles. The lowest BCUT2D eigenvalue weighted by atomic mass is 9.96. The van der Waals surface area contributed by atoms with Crippen molar-refractivity contribution in [2.45, 2.75) is 18.8 Å². The van der Waals surface area contributed by atoms with Crippen molar-refractivity contribution in [1.82, 2.24) is 15.3 Å². The van der Waals surface area contributed by atoms with E-state index in [1.165, 1.54) is 0 Å². The van der Waals surface area contributed by atoms with Gasteiger partial charge in [0.25, 0.3) is 5.56 Å². The number of hydrogen-bond donors (Lipinski definition) is 2. The monoisotopic (exact) mass is 179 g/mol. The number of aromatic nitrogens is 2. The van der Waals surface area contributed by atoms with E-state index in [2.05, 4.69) is 15.3 Å². The summed E-state index contributed by atoms with van der Waals surface area (Å²) < 4.78 is 0. The van der Waals surface area contributed by atoms with Gasteiger partial charge in [-0.3, -0.25) is 9.78 Å². The number of nitrogens with one attached hydrogen (secondary N) is 2. The van der Waals surface area contributed by atoms with Crippen LogP contribution in [-0.2, 0) is 0 Å². The van der Waals surface area contributed by atoms with Crippen molar-refractivity contribution < 1.29 is 0 Å². The van der Waals surface area contributed by atoms with E-state index >= 15 is 0 Å². The minimum atomic E-state index is -0.0452. The molecule has 4 heteroatoms. The Morgan fingerprint density at radius 2 is 2.46 bits per heavy atom. The molecule has 0 spiro atoms. The SMILES string of the molecule is O=c1[nH]ccnc1C1CCCNC1. The second-order valence-corrected chi connectivity index (χ2v) is 3.35. The zero-order valence-corrected chi connectivity index (χ0v) is 7.42. The van der Waals surface area contributed by atoms with E-state index in [0.717, 1.165) is 25.9 Å². The summed E-state index contributed by atoms with van der Waals surface area (Å²) >= 11 is 0. The fourth-order valence-electron chi connectivity index (χ4n) is 1.74. The molecule has 1 aromatic heterocycles. The molecule has 1 aromatic rings. The van der Waals surface area contributed by atoms with Crippen LogP contribution in [0.15, 0.2) is 17.2 Å². The number of H-pyrrole nitrogens is 1. The molecular weight excluding hydrogens is 166 g/mol. The lowest BCUT2D eigenvalue weighted by Gasteiger charge is -2.20. The Morgan fingerprint density at radius 3 is 3.15 bits per heavy atom. The van der Waals surface area contributed by atoms with Crippen molar-refractivity contribution in [3.8, 4) is 0 Å². The molecule has 2 rings (SSSR count). The summed E-state index contributed by atoms with van der Waals surface area (Å²) in [6.45, 7) is 1.93. The minimum absolute atomic E-state index is 0.0452. The molecule has 0 aliphatic carbocycles. The first-order valence-electron chi connectivity index (χ1n) is 4.62. The molecule has 1 aliphatic heterocycles. The standard InChI is InChI=1S/C9H13N3O/c13-9-8(11-4-5-12-9)7-2-1-3-10-6-7/h4-5,7,10H,1-3,6H2,(H,12,13). The molecule has 1 fully saturated rings. The van der Waals surface area contributed by atoms with Crippen molar-refractivity contribution in [2.24, 2.45) is 0 Å². The fraction of sp³-hybridized carbons (Fsp3) is 0.556. The molecule has 0 amide bonds. The topological polar surface area (TPSA) is 57.8 Å². The summed E-state index contributed by atoms with van der Waals surface area (Å²) in [7, 11) is 0. The van der Waals surface area contributed by atoms with Gasteiger partial charge in [0.1, 0.15) is 5.69 Å². The van der Waals surface area contributed by atoms with E-state index < -0.39 is 0 Å². The average molecular weight is 179 g/mol. The van der Waals surface area contributed by atoms with Crippen molar-refractivity contribution >= 4 is 0 Å². The quantitative estimate of drug-likeness (QED) is 0.649. The van der Waals surface area contributed by atoms with E-state index in [9.17, 15) is 4.79 Å². The maximum atomic E-state index is 11.4. The number of rotatable bonds is 1. The molecule has 0 radical (unpaired) electrons. The first-order chi connectivity index (χ1) is 6.38. The van der Waals surface area contributed by atoms with Crippen molar-refractivity contribution in [1.29, 1.82) is 0 Å². The van der Waals surface area contributed by atoms with Gasteiger partial charge < -0.3 is 10.3 Å². The third kappa shape index (κ3) is 1.78. The normalized spacial score (nSPS) is 22.9. The predicted octanol–water partition coefficient (Wildman–Crippen LogP) is 0.237. The highest BCUT2D eigenvalue weighted by molar-refractivity contribution is 5.05. The van der Waals surface area contributed by atoms with Crippen molar-refractivity contribution in [3.05, 3.63) is 28.4 Å². The molecule has 1 unspecified atom stereocenters. The van der Waals surface area contributed by atoms with Gasteiger partial charge in [-0.2, -0.15) is 0 Å².